The zero-order valence-corrected chi connectivity index (χ0v) is 12.8. The minimum atomic E-state index is 0.106. The average molecular weight is 293 g/mol. The van der Waals surface area contributed by atoms with Gasteiger partial charge in [-0.15, -0.1) is 0 Å². The summed E-state index contributed by atoms with van der Waals surface area (Å²) in [6, 6.07) is 6.48. The molecule has 2 aromatic heterocycles. The molecule has 1 aliphatic rings. The molecule has 22 heavy (non-hydrogen) atoms. The highest BCUT2D eigenvalue weighted by Gasteiger charge is 2.27. The Morgan fingerprint density at radius 1 is 1.27 bits per heavy atom. The van der Waals surface area contributed by atoms with Gasteiger partial charge in [0.25, 0.3) is 0 Å². The number of fused-ring (bicyclic) bond motifs is 1. The van der Waals surface area contributed by atoms with Crippen LogP contribution in [0.5, 0.6) is 0 Å². The van der Waals surface area contributed by atoms with Gasteiger partial charge in [0.1, 0.15) is 0 Å². The van der Waals surface area contributed by atoms with E-state index in [1.165, 1.54) is 22.4 Å². The van der Waals surface area contributed by atoms with Crippen molar-refractivity contribution in [2.45, 2.75) is 26.3 Å². The van der Waals surface area contributed by atoms with Crippen molar-refractivity contribution in [2.24, 2.45) is 0 Å². The van der Waals surface area contributed by atoms with Gasteiger partial charge >= 0.3 is 0 Å². The van der Waals surface area contributed by atoms with Gasteiger partial charge in [-0.3, -0.25) is 0 Å². The molecule has 3 heterocycles. The highest BCUT2D eigenvalue weighted by atomic mass is 15.3. The molecule has 0 spiro atoms. The summed E-state index contributed by atoms with van der Waals surface area (Å²) in [4.78, 5) is 7.82. The van der Waals surface area contributed by atoms with Crippen molar-refractivity contribution in [1.29, 1.82) is 0 Å². The van der Waals surface area contributed by atoms with Crippen LogP contribution in [0.15, 0.2) is 36.9 Å². The first kappa shape index (κ1) is 13.3. The van der Waals surface area contributed by atoms with Crippen molar-refractivity contribution in [1.82, 2.24) is 25.1 Å². The quantitative estimate of drug-likeness (QED) is 0.763. The highest BCUT2D eigenvalue weighted by Crippen LogP contribution is 2.33. The Bertz CT molecular complexity index is 801. The second-order valence-corrected chi connectivity index (χ2v) is 5.87. The predicted molar refractivity (Wildman–Crippen MR) is 85.2 cm³/mol. The Kier molecular flexibility index (Phi) is 3.08. The van der Waals surface area contributed by atoms with Crippen molar-refractivity contribution in [3.8, 4) is 5.69 Å². The van der Waals surface area contributed by atoms with Crippen LogP contribution < -0.4 is 5.32 Å². The normalized spacial score (nSPS) is 17.5. The van der Waals surface area contributed by atoms with E-state index in [1.54, 1.807) is 6.33 Å². The van der Waals surface area contributed by atoms with E-state index in [0.717, 1.165) is 24.3 Å². The van der Waals surface area contributed by atoms with Crippen molar-refractivity contribution in [2.75, 3.05) is 6.54 Å². The summed E-state index contributed by atoms with van der Waals surface area (Å²) in [5.74, 6) is 0. The maximum atomic E-state index is 4.55. The Balaban J connectivity index is 1.93. The fraction of sp³-hybridized carbons (Fsp3) is 0.294. The molecule has 1 aliphatic heterocycles. The molecule has 0 fully saturated rings. The van der Waals surface area contributed by atoms with Crippen LogP contribution in [0.1, 0.15) is 34.1 Å². The SMILES string of the molecule is Cc1cc(C)c([C@H]2NCCc3[nH]cnc32)c(-n2cccn2)c1. The maximum absolute atomic E-state index is 4.55. The van der Waals surface area contributed by atoms with Crippen molar-refractivity contribution in [3.63, 3.8) is 0 Å². The minimum absolute atomic E-state index is 0.106. The van der Waals surface area contributed by atoms with Gasteiger partial charge in [0, 0.05) is 36.6 Å². The number of hydrogen-bond donors (Lipinski definition) is 2. The molecule has 0 amide bonds. The summed E-state index contributed by atoms with van der Waals surface area (Å²) < 4.78 is 1.94. The molecule has 2 N–H and O–H groups in total. The molecule has 1 aromatic carbocycles. The second kappa shape index (κ2) is 5.10. The maximum Gasteiger partial charge on any atom is 0.0926 e. The van der Waals surface area contributed by atoms with Gasteiger partial charge < -0.3 is 10.3 Å². The Hall–Kier alpha value is -2.40. The molecule has 0 bridgehead atoms. The van der Waals surface area contributed by atoms with Crippen LogP contribution >= 0.6 is 0 Å². The highest BCUT2D eigenvalue weighted by molar-refractivity contribution is 5.52. The third-order valence-electron chi connectivity index (χ3n) is 4.30. The van der Waals surface area contributed by atoms with Crippen LogP contribution in [-0.4, -0.2) is 26.3 Å². The molecule has 5 nitrogen and oxygen atoms in total. The van der Waals surface area contributed by atoms with E-state index in [0.29, 0.717) is 0 Å². The molecule has 0 saturated heterocycles. The zero-order chi connectivity index (χ0) is 15.1. The first-order valence-corrected chi connectivity index (χ1v) is 7.60. The lowest BCUT2D eigenvalue weighted by Gasteiger charge is -2.27. The Morgan fingerprint density at radius 2 is 2.18 bits per heavy atom. The fourth-order valence-electron chi connectivity index (χ4n) is 3.39. The largest absolute Gasteiger partial charge is 0.348 e. The van der Waals surface area contributed by atoms with Crippen molar-refractivity contribution < 1.29 is 0 Å². The third-order valence-corrected chi connectivity index (χ3v) is 4.30. The lowest BCUT2D eigenvalue weighted by molar-refractivity contribution is 0.548. The number of benzene rings is 1. The van der Waals surface area contributed by atoms with Gasteiger partial charge in [-0.05, 0) is 37.1 Å². The summed E-state index contributed by atoms with van der Waals surface area (Å²) in [7, 11) is 0. The van der Waals surface area contributed by atoms with Crippen LogP contribution in [0, 0.1) is 13.8 Å². The molecule has 4 rings (SSSR count). The van der Waals surface area contributed by atoms with Gasteiger partial charge in [0.15, 0.2) is 0 Å². The first-order chi connectivity index (χ1) is 10.7. The lowest BCUT2D eigenvalue weighted by atomic mass is 9.91. The van der Waals surface area contributed by atoms with Crippen LogP contribution in [0.2, 0.25) is 0 Å². The molecule has 1 atom stereocenters. The third kappa shape index (κ3) is 2.05. The number of nitrogens with zero attached hydrogens (tertiary/aromatic N) is 3. The van der Waals surface area contributed by atoms with E-state index in [2.05, 4.69) is 46.4 Å². The molecule has 3 aromatic rings. The number of rotatable bonds is 2. The average Bonchev–Trinajstić information content (AvgIpc) is 3.18. The summed E-state index contributed by atoms with van der Waals surface area (Å²) in [6.07, 6.45) is 6.59. The topological polar surface area (TPSA) is 58.5 Å². The summed E-state index contributed by atoms with van der Waals surface area (Å²) >= 11 is 0. The van der Waals surface area contributed by atoms with Gasteiger partial charge in [0.2, 0.25) is 0 Å². The number of H-pyrrole nitrogens is 1. The zero-order valence-electron chi connectivity index (χ0n) is 12.8. The molecule has 0 aliphatic carbocycles. The van der Waals surface area contributed by atoms with Crippen LogP contribution in [0.25, 0.3) is 5.69 Å². The standard InChI is InChI=1S/C17H19N5/c1-11-8-12(2)15(14(9-11)22-7-3-5-21-22)17-16-13(4-6-18-17)19-10-20-16/h3,5,7-10,17-18H,4,6H2,1-2H3,(H,19,20)/t17-/m1/s1. The number of hydrogen-bond acceptors (Lipinski definition) is 3. The molecular weight excluding hydrogens is 274 g/mol. The van der Waals surface area contributed by atoms with E-state index >= 15 is 0 Å². The summed E-state index contributed by atoms with van der Waals surface area (Å²) in [5.41, 5.74) is 7.21. The molecule has 0 unspecified atom stereocenters. The summed E-state index contributed by atoms with van der Waals surface area (Å²) in [5, 5.41) is 8.05. The van der Waals surface area contributed by atoms with Crippen molar-refractivity contribution >= 4 is 0 Å². The minimum Gasteiger partial charge on any atom is -0.348 e. The van der Waals surface area contributed by atoms with E-state index in [9.17, 15) is 0 Å². The van der Waals surface area contributed by atoms with Gasteiger partial charge in [-0.25, -0.2) is 9.67 Å². The van der Waals surface area contributed by atoms with E-state index < -0.39 is 0 Å². The Labute approximate surface area is 129 Å². The second-order valence-electron chi connectivity index (χ2n) is 5.87. The van der Waals surface area contributed by atoms with E-state index in [4.69, 9.17) is 0 Å². The van der Waals surface area contributed by atoms with E-state index in [-0.39, 0.29) is 6.04 Å². The molecule has 5 heteroatoms. The molecular formula is C17H19N5. The predicted octanol–water partition coefficient (Wildman–Crippen LogP) is 2.45. The van der Waals surface area contributed by atoms with Gasteiger partial charge in [-0.1, -0.05) is 6.07 Å². The molecule has 0 saturated carbocycles. The van der Waals surface area contributed by atoms with E-state index in [1.807, 2.05) is 23.1 Å². The number of imidazole rings is 1. The van der Waals surface area contributed by atoms with Crippen LogP contribution in [0.3, 0.4) is 0 Å². The van der Waals surface area contributed by atoms with Gasteiger partial charge in [0.05, 0.1) is 23.8 Å². The van der Waals surface area contributed by atoms with Crippen LogP contribution in [-0.2, 0) is 6.42 Å². The Morgan fingerprint density at radius 3 is 3.00 bits per heavy atom. The number of nitrogens with one attached hydrogen (secondary N) is 2. The van der Waals surface area contributed by atoms with Gasteiger partial charge in [-0.2, -0.15) is 5.10 Å². The monoisotopic (exact) mass is 293 g/mol. The van der Waals surface area contributed by atoms with Crippen LogP contribution in [0.4, 0.5) is 0 Å². The van der Waals surface area contributed by atoms with Crippen molar-refractivity contribution in [3.05, 3.63) is 65.0 Å². The summed E-state index contributed by atoms with van der Waals surface area (Å²) in [6.45, 7) is 5.24. The number of aromatic nitrogens is 4. The molecule has 0 radical (unpaired) electrons. The molecule has 112 valence electrons. The fourth-order valence-corrected chi connectivity index (χ4v) is 3.39. The number of aryl methyl sites for hydroxylation is 2. The lowest BCUT2D eigenvalue weighted by Crippen LogP contribution is -2.32. The first-order valence-electron chi connectivity index (χ1n) is 7.60. The number of aromatic amines is 1. The smallest absolute Gasteiger partial charge is 0.0926 e.